The van der Waals surface area contributed by atoms with E-state index in [-0.39, 0.29) is 0 Å². The summed E-state index contributed by atoms with van der Waals surface area (Å²) >= 11 is 4.23. The molecule has 0 aliphatic carbocycles. The molecule has 0 spiro atoms. The van der Waals surface area contributed by atoms with Gasteiger partial charge in [0, 0.05) is 0 Å². The zero-order valence-corrected chi connectivity index (χ0v) is 11.2. The van der Waals surface area contributed by atoms with Gasteiger partial charge in [0.25, 0.3) is 0 Å². The monoisotopic (exact) mass is 238 g/mol. The average molecular weight is 238 g/mol. The summed E-state index contributed by atoms with van der Waals surface area (Å²) in [5.41, 5.74) is 1.36. The second kappa shape index (κ2) is 7.61. The molecule has 0 saturated heterocycles. The molecule has 0 saturated carbocycles. The highest BCUT2D eigenvalue weighted by Crippen LogP contribution is 2.14. The quantitative estimate of drug-likeness (QED) is 0.707. The van der Waals surface area contributed by atoms with Crippen LogP contribution >= 0.6 is 12.6 Å². The van der Waals surface area contributed by atoms with Crippen molar-refractivity contribution in [3.63, 3.8) is 0 Å². The van der Waals surface area contributed by atoms with Gasteiger partial charge in [0.1, 0.15) is 5.75 Å². The van der Waals surface area contributed by atoms with Crippen LogP contribution in [0.5, 0.6) is 5.75 Å². The van der Waals surface area contributed by atoms with Gasteiger partial charge in [-0.3, -0.25) is 0 Å². The average Bonchev–Trinajstić information content (AvgIpc) is 2.30. The van der Waals surface area contributed by atoms with Crippen LogP contribution in [0.3, 0.4) is 0 Å². The molecule has 1 nitrogen and oxygen atoms in total. The van der Waals surface area contributed by atoms with Crippen molar-refractivity contribution in [3.8, 4) is 5.75 Å². The maximum absolute atomic E-state index is 5.70. The van der Waals surface area contributed by atoms with E-state index in [9.17, 15) is 0 Å². The zero-order chi connectivity index (χ0) is 11.8. The molecule has 90 valence electrons. The molecule has 0 fully saturated rings. The third-order valence-corrected chi connectivity index (χ3v) is 3.09. The number of aryl methyl sites for hydroxylation is 1. The topological polar surface area (TPSA) is 9.23 Å². The van der Waals surface area contributed by atoms with Crippen LogP contribution in [0.15, 0.2) is 24.3 Å². The fraction of sp³-hybridized carbons (Fsp3) is 0.571. The van der Waals surface area contributed by atoms with Gasteiger partial charge in [0.2, 0.25) is 0 Å². The Hall–Kier alpha value is -0.630. The lowest BCUT2D eigenvalue weighted by molar-refractivity contribution is 0.282. The molecule has 0 bridgehead atoms. The van der Waals surface area contributed by atoms with Crippen LogP contribution in [0.1, 0.15) is 32.3 Å². The number of thiol groups is 1. The summed E-state index contributed by atoms with van der Waals surface area (Å²) in [5.74, 6) is 2.65. The highest BCUT2D eigenvalue weighted by molar-refractivity contribution is 7.80. The lowest BCUT2D eigenvalue weighted by atomic mass is 10.1. The molecular formula is C14H22OS. The van der Waals surface area contributed by atoms with Crippen LogP contribution in [-0.2, 0) is 6.42 Å². The Labute approximate surface area is 105 Å². The molecular weight excluding hydrogens is 216 g/mol. The molecule has 0 aromatic heterocycles. The highest BCUT2D eigenvalue weighted by atomic mass is 32.1. The van der Waals surface area contributed by atoms with Crippen LogP contribution < -0.4 is 4.74 Å². The van der Waals surface area contributed by atoms with Crippen molar-refractivity contribution in [2.24, 2.45) is 5.92 Å². The molecule has 1 unspecified atom stereocenters. The van der Waals surface area contributed by atoms with E-state index in [4.69, 9.17) is 4.74 Å². The maximum atomic E-state index is 5.70. The Morgan fingerprint density at radius 3 is 2.44 bits per heavy atom. The first-order valence-corrected chi connectivity index (χ1v) is 6.72. The van der Waals surface area contributed by atoms with Gasteiger partial charge in [-0.25, -0.2) is 0 Å². The Morgan fingerprint density at radius 1 is 1.19 bits per heavy atom. The van der Waals surface area contributed by atoms with Crippen molar-refractivity contribution in [1.29, 1.82) is 0 Å². The normalized spacial score (nSPS) is 12.4. The van der Waals surface area contributed by atoms with Gasteiger partial charge in [-0.2, -0.15) is 12.6 Å². The lowest BCUT2D eigenvalue weighted by Gasteiger charge is -2.11. The number of ether oxygens (including phenoxy) is 1. The van der Waals surface area contributed by atoms with Gasteiger partial charge >= 0.3 is 0 Å². The maximum Gasteiger partial charge on any atom is 0.119 e. The van der Waals surface area contributed by atoms with E-state index in [0.29, 0.717) is 5.92 Å². The fourth-order valence-corrected chi connectivity index (χ4v) is 2.00. The van der Waals surface area contributed by atoms with Crippen LogP contribution in [0.25, 0.3) is 0 Å². The van der Waals surface area contributed by atoms with Crippen molar-refractivity contribution >= 4 is 12.6 Å². The lowest BCUT2D eigenvalue weighted by Crippen LogP contribution is -2.04. The van der Waals surface area contributed by atoms with E-state index < -0.39 is 0 Å². The summed E-state index contributed by atoms with van der Waals surface area (Å²) in [6, 6.07) is 8.38. The summed E-state index contributed by atoms with van der Waals surface area (Å²) in [6.45, 7) is 5.22. The molecule has 1 rings (SSSR count). The van der Waals surface area contributed by atoms with Gasteiger partial charge in [0.05, 0.1) is 6.61 Å². The minimum Gasteiger partial charge on any atom is -0.494 e. The molecule has 0 amide bonds. The highest BCUT2D eigenvalue weighted by Gasteiger charge is 2.01. The van der Waals surface area contributed by atoms with Gasteiger partial charge in [0.15, 0.2) is 0 Å². The standard InChI is InChI=1S/C14H22OS/c1-3-13-4-6-14(7-5-13)15-10-8-12(2)9-11-16/h4-7,12,16H,3,8-11H2,1-2H3. The Morgan fingerprint density at radius 2 is 1.88 bits per heavy atom. The van der Waals surface area contributed by atoms with Crippen LogP contribution in [-0.4, -0.2) is 12.4 Å². The van der Waals surface area contributed by atoms with Crippen molar-refractivity contribution in [3.05, 3.63) is 29.8 Å². The van der Waals surface area contributed by atoms with Crippen LogP contribution in [0.4, 0.5) is 0 Å². The first kappa shape index (κ1) is 13.4. The van der Waals surface area contributed by atoms with Gasteiger partial charge < -0.3 is 4.74 Å². The molecule has 0 heterocycles. The number of hydrogen-bond acceptors (Lipinski definition) is 2. The number of benzene rings is 1. The predicted molar refractivity (Wildman–Crippen MR) is 73.6 cm³/mol. The number of rotatable bonds is 7. The predicted octanol–water partition coefficient (Wildman–Crippen LogP) is 3.97. The van der Waals surface area contributed by atoms with E-state index in [1.165, 1.54) is 12.0 Å². The summed E-state index contributed by atoms with van der Waals surface area (Å²) in [4.78, 5) is 0. The summed E-state index contributed by atoms with van der Waals surface area (Å²) in [7, 11) is 0. The van der Waals surface area contributed by atoms with E-state index in [2.05, 4.69) is 50.7 Å². The Balaban J connectivity index is 2.26. The SMILES string of the molecule is CCc1ccc(OCCC(C)CCS)cc1. The zero-order valence-electron chi connectivity index (χ0n) is 10.3. The van der Waals surface area contributed by atoms with Crippen LogP contribution in [0, 0.1) is 5.92 Å². The molecule has 2 heteroatoms. The molecule has 1 aromatic rings. The van der Waals surface area contributed by atoms with Crippen molar-refractivity contribution in [1.82, 2.24) is 0 Å². The van der Waals surface area contributed by atoms with Gasteiger partial charge in [-0.05, 0) is 48.6 Å². The van der Waals surface area contributed by atoms with Gasteiger partial charge in [-0.15, -0.1) is 0 Å². The third kappa shape index (κ3) is 4.93. The van der Waals surface area contributed by atoms with E-state index in [1.807, 2.05) is 0 Å². The van der Waals surface area contributed by atoms with Crippen molar-refractivity contribution in [2.45, 2.75) is 33.1 Å². The van der Waals surface area contributed by atoms with E-state index in [0.717, 1.165) is 31.0 Å². The molecule has 0 aliphatic heterocycles. The first-order chi connectivity index (χ1) is 7.76. The van der Waals surface area contributed by atoms with Crippen LogP contribution in [0.2, 0.25) is 0 Å². The summed E-state index contributed by atoms with van der Waals surface area (Å²) in [5, 5.41) is 0. The van der Waals surface area contributed by atoms with E-state index >= 15 is 0 Å². The second-order valence-corrected chi connectivity index (χ2v) is 4.70. The third-order valence-electron chi connectivity index (χ3n) is 2.83. The summed E-state index contributed by atoms with van der Waals surface area (Å²) in [6.07, 6.45) is 3.36. The molecule has 1 aromatic carbocycles. The molecule has 0 aliphatic rings. The fourth-order valence-electron chi connectivity index (χ4n) is 1.56. The smallest absolute Gasteiger partial charge is 0.119 e. The Bertz CT molecular complexity index is 281. The minimum absolute atomic E-state index is 0.701. The Kier molecular flexibility index (Phi) is 6.39. The number of hydrogen-bond donors (Lipinski definition) is 1. The second-order valence-electron chi connectivity index (χ2n) is 4.25. The largest absolute Gasteiger partial charge is 0.494 e. The van der Waals surface area contributed by atoms with Crippen molar-refractivity contribution < 1.29 is 4.74 Å². The molecule has 0 radical (unpaired) electrons. The van der Waals surface area contributed by atoms with Gasteiger partial charge in [-0.1, -0.05) is 26.0 Å². The minimum atomic E-state index is 0.701. The molecule has 0 N–H and O–H groups in total. The van der Waals surface area contributed by atoms with E-state index in [1.54, 1.807) is 0 Å². The molecule has 1 atom stereocenters. The van der Waals surface area contributed by atoms with Crippen molar-refractivity contribution in [2.75, 3.05) is 12.4 Å². The first-order valence-electron chi connectivity index (χ1n) is 6.08. The molecule has 16 heavy (non-hydrogen) atoms. The summed E-state index contributed by atoms with van der Waals surface area (Å²) < 4.78 is 5.70.